The molecule has 1 unspecified atom stereocenters. The lowest BCUT2D eigenvalue weighted by Crippen LogP contribution is -2.52. The van der Waals surface area contributed by atoms with E-state index >= 15 is 0 Å². The standard InChI is InChI=1S/C15H31N3/c1-13(2)17-10-7-14(8-11-17)18-9-5-6-15(12-18)16(3)4/h13-15H,5-12H2,1-4H3. The molecule has 2 rings (SSSR count). The molecule has 0 saturated carbocycles. The average molecular weight is 253 g/mol. The molecule has 3 heteroatoms. The summed E-state index contributed by atoms with van der Waals surface area (Å²) < 4.78 is 0. The fraction of sp³-hybridized carbons (Fsp3) is 1.00. The Labute approximate surface area is 113 Å². The molecule has 2 aliphatic rings. The normalized spacial score (nSPS) is 29.3. The third-order valence-corrected chi connectivity index (χ3v) is 4.90. The minimum absolute atomic E-state index is 0.724. The van der Waals surface area contributed by atoms with Gasteiger partial charge in [0.05, 0.1) is 0 Å². The van der Waals surface area contributed by atoms with E-state index in [1.54, 1.807) is 0 Å². The van der Waals surface area contributed by atoms with Crippen LogP contribution in [0.1, 0.15) is 39.5 Å². The van der Waals surface area contributed by atoms with Gasteiger partial charge in [-0.1, -0.05) is 0 Å². The number of hydrogen-bond donors (Lipinski definition) is 0. The summed E-state index contributed by atoms with van der Waals surface area (Å²) in [7, 11) is 4.46. The smallest absolute Gasteiger partial charge is 0.0217 e. The molecule has 18 heavy (non-hydrogen) atoms. The molecule has 0 N–H and O–H groups in total. The second-order valence-corrected chi connectivity index (χ2v) is 6.62. The van der Waals surface area contributed by atoms with Gasteiger partial charge in [0.2, 0.25) is 0 Å². The molecule has 0 aromatic heterocycles. The van der Waals surface area contributed by atoms with Crippen LogP contribution in [0.15, 0.2) is 0 Å². The summed E-state index contributed by atoms with van der Waals surface area (Å²) in [5, 5.41) is 0. The number of likely N-dealkylation sites (tertiary alicyclic amines) is 2. The Morgan fingerprint density at radius 2 is 1.67 bits per heavy atom. The van der Waals surface area contributed by atoms with Crippen LogP contribution in [0.4, 0.5) is 0 Å². The molecular weight excluding hydrogens is 222 g/mol. The first-order chi connectivity index (χ1) is 8.58. The van der Waals surface area contributed by atoms with Crippen molar-refractivity contribution in [3.05, 3.63) is 0 Å². The highest BCUT2D eigenvalue weighted by Gasteiger charge is 2.29. The van der Waals surface area contributed by atoms with E-state index in [1.165, 1.54) is 51.9 Å². The lowest BCUT2D eigenvalue weighted by Gasteiger charge is -2.44. The maximum Gasteiger partial charge on any atom is 0.0217 e. The van der Waals surface area contributed by atoms with Crippen molar-refractivity contribution >= 4 is 0 Å². The molecule has 106 valence electrons. The first kappa shape index (κ1) is 14.3. The van der Waals surface area contributed by atoms with E-state index in [4.69, 9.17) is 0 Å². The molecule has 0 aromatic carbocycles. The van der Waals surface area contributed by atoms with Gasteiger partial charge in [-0.3, -0.25) is 4.90 Å². The molecule has 3 nitrogen and oxygen atoms in total. The van der Waals surface area contributed by atoms with Crippen LogP contribution in [-0.2, 0) is 0 Å². The van der Waals surface area contributed by atoms with Crippen LogP contribution in [0.5, 0.6) is 0 Å². The summed E-state index contributed by atoms with van der Waals surface area (Å²) in [6.07, 6.45) is 5.51. The molecule has 0 aromatic rings. The van der Waals surface area contributed by atoms with Gasteiger partial charge in [-0.05, 0) is 73.3 Å². The van der Waals surface area contributed by atoms with E-state index in [2.05, 4.69) is 42.6 Å². The van der Waals surface area contributed by atoms with E-state index in [0.717, 1.165) is 18.1 Å². The predicted molar refractivity (Wildman–Crippen MR) is 78.0 cm³/mol. The van der Waals surface area contributed by atoms with E-state index in [1.807, 2.05) is 0 Å². The van der Waals surface area contributed by atoms with Crippen molar-refractivity contribution in [3.63, 3.8) is 0 Å². The number of nitrogens with zero attached hydrogens (tertiary/aromatic N) is 3. The molecule has 2 saturated heterocycles. The number of piperidine rings is 2. The maximum absolute atomic E-state index is 2.77. The summed E-state index contributed by atoms with van der Waals surface area (Å²) in [5.74, 6) is 0. The first-order valence-electron chi connectivity index (χ1n) is 7.72. The molecule has 2 heterocycles. The van der Waals surface area contributed by atoms with Crippen LogP contribution in [0.3, 0.4) is 0 Å². The monoisotopic (exact) mass is 253 g/mol. The summed E-state index contributed by atoms with van der Waals surface area (Å²) in [5.41, 5.74) is 0. The van der Waals surface area contributed by atoms with Gasteiger partial charge in [-0.15, -0.1) is 0 Å². The van der Waals surface area contributed by atoms with Gasteiger partial charge >= 0.3 is 0 Å². The van der Waals surface area contributed by atoms with Gasteiger partial charge in [0.15, 0.2) is 0 Å². The zero-order valence-corrected chi connectivity index (χ0v) is 12.7. The summed E-state index contributed by atoms with van der Waals surface area (Å²) in [6, 6.07) is 2.35. The quantitative estimate of drug-likeness (QED) is 0.760. The van der Waals surface area contributed by atoms with E-state index in [-0.39, 0.29) is 0 Å². The van der Waals surface area contributed by atoms with Crippen LogP contribution in [0, 0.1) is 0 Å². The van der Waals surface area contributed by atoms with Gasteiger partial charge in [-0.2, -0.15) is 0 Å². The molecule has 0 spiro atoms. The SMILES string of the molecule is CC(C)N1CCC(N2CCCC(N(C)C)C2)CC1. The van der Waals surface area contributed by atoms with Crippen molar-refractivity contribution in [1.29, 1.82) is 0 Å². The highest BCUT2D eigenvalue weighted by Crippen LogP contribution is 2.23. The number of hydrogen-bond acceptors (Lipinski definition) is 3. The van der Waals surface area contributed by atoms with Crippen molar-refractivity contribution in [1.82, 2.24) is 14.7 Å². The van der Waals surface area contributed by atoms with Crippen LogP contribution >= 0.6 is 0 Å². The maximum atomic E-state index is 2.77. The Balaban J connectivity index is 1.82. The predicted octanol–water partition coefficient (Wildman–Crippen LogP) is 1.89. The summed E-state index contributed by atoms with van der Waals surface area (Å²) in [6.45, 7) is 9.86. The molecule has 2 aliphatic heterocycles. The second kappa shape index (κ2) is 6.36. The van der Waals surface area contributed by atoms with E-state index in [9.17, 15) is 0 Å². The minimum atomic E-state index is 0.724. The summed E-state index contributed by atoms with van der Waals surface area (Å²) in [4.78, 5) is 7.81. The third-order valence-electron chi connectivity index (χ3n) is 4.90. The minimum Gasteiger partial charge on any atom is -0.305 e. The average Bonchev–Trinajstić information content (AvgIpc) is 2.39. The first-order valence-corrected chi connectivity index (χ1v) is 7.72. The van der Waals surface area contributed by atoms with Crippen molar-refractivity contribution in [2.24, 2.45) is 0 Å². The van der Waals surface area contributed by atoms with Gasteiger partial charge in [0.25, 0.3) is 0 Å². The highest BCUT2D eigenvalue weighted by molar-refractivity contribution is 4.86. The van der Waals surface area contributed by atoms with Gasteiger partial charge in [-0.25, -0.2) is 0 Å². The fourth-order valence-corrected chi connectivity index (χ4v) is 3.50. The zero-order valence-electron chi connectivity index (χ0n) is 12.7. The van der Waals surface area contributed by atoms with Crippen molar-refractivity contribution in [3.8, 4) is 0 Å². The Morgan fingerprint density at radius 1 is 1.00 bits per heavy atom. The molecule has 1 atom stereocenters. The zero-order chi connectivity index (χ0) is 13.1. The van der Waals surface area contributed by atoms with Crippen LogP contribution < -0.4 is 0 Å². The number of rotatable bonds is 3. The van der Waals surface area contributed by atoms with Gasteiger partial charge in [0.1, 0.15) is 0 Å². The number of likely N-dealkylation sites (N-methyl/N-ethyl adjacent to an activating group) is 1. The van der Waals surface area contributed by atoms with Crippen molar-refractivity contribution in [2.45, 2.75) is 57.7 Å². The molecule has 0 aliphatic carbocycles. The van der Waals surface area contributed by atoms with Gasteiger partial charge in [0, 0.05) is 24.7 Å². The molecule has 0 bridgehead atoms. The third kappa shape index (κ3) is 3.46. The molecule has 2 fully saturated rings. The van der Waals surface area contributed by atoms with Crippen LogP contribution in [-0.4, -0.2) is 73.1 Å². The Morgan fingerprint density at radius 3 is 2.22 bits per heavy atom. The molecule has 0 radical (unpaired) electrons. The van der Waals surface area contributed by atoms with Gasteiger partial charge < -0.3 is 9.80 Å². The second-order valence-electron chi connectivity index (χ2n) is 6.62. The fourth-order valence-electron chi connectivity index (χ4n) is 3.50. The van der Waals surface area contributed by atoms with Crippen LogP contribution in [0.2, 0.25) is 0 Å². The lowest BCUT2D eigenvalue weighted by molar-refractivity contribution is 0.0512. The van der Waals surface area contributed by atoms with Crippen molar-refractivity contribution < 1.29 is 0 Å². The van der Waals surface area contributed by atoms with Crippen molar-refractivity contribution in [2.75, 3.05) is 40.3 Å². The Kier molecular flexibility index (Phi) is 5.05. The van der Waals surface area contributed by atoms with E-state index < -0.39 is 0 Å². The summed E-state index contributed by atoms with van der Waals surface area (Å²) >= 11 is 0. The Hall–Kier alpha value is -0.120. The topological polar surface area (TPSA) is 9.72 Å². The Bertz CT molecular complexity index is 244. The molecular formula is C15H31N3. The van der Waals surface area contributed by atoms with E-state index in [0.29, 0.717) is 0 Å². The highest BCUT2D eigenvalue weighted by atomic mass is 15.2. The van der Waals surface area contributed by atoms with Crippen LogP contribution in [0.25, 0.3) is 0 Å². The lowest BCUT2D eigenvalue weighted by atomic mass is 9.97. The molecule has 0 amide bonds. The largest absolute Gasteiger partial charge is 0.305 e.